The number of hydrogen-bond acceptors (Lipinski definition) is 2. The summed E-state index contributed by atoms with van der Waals surface area (Å²) in [5.41, 5.74) is 4.66. The molecule has 2 rings (SSSR count). The first-order valence-corrected chi connectivity index (χ1v) is 6.94. The minimum atomic E-state index is 0.778. The largest absolute Gasteiger partial charge is 0.379 e. The Balaban J connectivity index is 2.18. The molecule has 0 saturated heterocycles. The summed E-state index contributed by atoms with van der Waals surface area (Å²) < 4.78 is 3.13. The number of aryl methyl sites for hydroxylation is 3. The Morgan fingerprint density at radius 1 is 1.28 bits per heavy atom. The van der Waals surface area contributed by atoms with E-state index in [1.807, 2.05) is 17.7 Å². The normalized spacial score (nSPS) is 10.7. The fourth-order valence-electron chi connectivity index (χ4n) is 1.99. The van der Waals surface area contributed by atoms with Gasteiger partial charge in [-0.05, 0) is 48.3 Å². The maximum Gasteiger partial charge on any atom is 0.0739 e. The number of nitrogens with one attached hydrogen (secondary N) is 1. The Labute approximate surface area is 116 Å². The lowest BCUT2D eigenvalue weighted by atomic mass is 10.2. The van der Waals surface area contributed by atoms with E-state index < -0.39 is 0 Å². The van der Waals surface area contributed by atoms with Gasteiger partial charge in [-0.15, -0.1) is 0 Å². The van der Waals surface area contributed by atoms with Gasteiger partial charge in [-0.3, -0.25) is 4.68 Å². The first-order chi connectivity index (χ1) is 8.63. The molecule has 0 aliphatic rings. The molecule has 2 aromatic rings. The lowest BCUT2D eigenvalue weighted by molar-refractivity contribution is 0.622. The third-order valence-electron chi connectivity index (χ3n) is 3.04. The van der Waals surface area contributed by atoms with Crippen LogP contribution in [0.4, 0.5) is 5.69 Å². The van der Waals surface area contributed by atoms with Crippen molar-refractivity contribution in [2.45, 2.75) is 33.9 Å². The van der Waals surface area contributed by atoms with E-state index >= 15 is 0 Å². The molecule has 0 aliphatic carbocycles. The highest BCUT2D eigenvalue weighted by molar-refractivity contribution is 9.10. The average Bonchev–Trinajstić information content (AvgIpc) is 2.65. The Morgan fingerprint density at radius 2 is 2.00 bits per heavy atom. The lowest BCUT2D eigenvalue weighted by Gasteiger charge is -2.10. The van der Waals surface area contributed by atoms with Crippen molar-refractivity contribution in [1.82, 2.24) is 9.78 Å². The number of nitrogens with zero attached hydrogens (tertiary/aromatic N) is 2. The number of rotatable bonds is 4. The Bertz CT molecular complexity index is 546. The molecule has 0 spiro atoms. The molecular formula is C14H18BrN3. The molecule has 0 amide bonds. The maximum atomic E-state index is 4.49. The van der Waals surface area contributed by atoms with Gasteiger partial charge in [0, 0.05) is 12.2 Å². The van der Waals surface area contributed by atoms with E-state index in [1.54, 1.807) is 0 Å². The van der Waals surface area contributed by atoms with Crippen molar-refractivity contribution in [1.29, 1.82) is 0 Å². The van der Waals surface area contributed by atoms with Crippen LogP contribution >= 0.6 is 15.9 Å². The Morgan fingerprint density at radius 3 is 2.67 bits per heavy atom. The monoisotopic (exact) mass is 307 g/mol. The van der Waals surface area contributed by atoms with Gasteiger partial charge in [0.2, 0.25) is 0 Å². The molecule has 1 aromatic carbocycles. The molecule has 4 heteroatoms. The highest BCUT2D eigenvalue weighted by atomic mass is 79.9. The van der Waals surface area contributed by atoms with Gasteiger partial charge in [-0.1, -0.05) is 18.2 Å². The second-order valence-electron chi connectivity index (χ2n) is 4.33. The van der Waals surface area contributed by atoms with E-state index in [4.69, 9.17) is 0 Å². The third-order valence-corrected chi connectivity index (χ3v) is 4.08. The standard InChI is InChI=1S/C14H18BrN3/c1-4-18-13(14(15)11(3)17-18)9-16-12-8-6-5-7-10(12)2/h5-8,16H,4,9H2,1-3H3. The van der Waals surface area contributed by atoms with Gasteiger partial charge in [0.05, 0.1) is 22.4 Å². The minimum absolute atomic E-state index is 0.778. The summed E-state index contributed by atoms with van der Waals surface area (Å²) in [7, 11) is 0. The van der Waals surface area contributed by atoms with Crippen LogP contribution in [0, 0.1) is 13.8 Å². The van der Waals surface area contributed by atoms with Crippen LogP contribution in [0.25, 0.3) is 0 Å². The number of aromatic nitrogens is 2. The zero-order valence-electron chi connectivity index (χ0n) is 11.0. The number of anilines is 1. The zero-order chi connectivity index (χ0) is 13.1. The van der Waals surface area contributed by atoms with E-state index in [9.17, 15) is 0 Å². The van der Waals surface area contributed by atoms with Crippen molar-refractivity contribution in [3.63, 3.8) is 0 Å². The molecule has 3 nitrogen and oxygen atoms in total. The molecule has 0 radical (unpaired) electrons. The Hall–Kier alpha value is -1.29. The second-order valence-corrected chi connectivity index (χ2v) is 5.12. The van der Waals surface area contributed by atoms with E-state index in [0.717, 1.165) is 23.3 Å². The summed E-state index contributed by atoms with van der Waals surface area (Å²) >= 11 is 3.61. The molecule has 96 valence electrons. The molecule has 0 atom stereocenters. The van der Waals surface area contributed by atoms with E-state index in [0.29, 0.717) is 0 Å². The van der Waals surface area contributed by atoms with Crippen molar-refractivity contribution in [2.75, 3.05) is 5.32 Å². The van der Waals surface area contributed by atoms with Gasteiger partial charge in [0.15, 0.2) is 0 Å². The number of benzene rings is 1. The SMILES string of the molecule is CCn1nc(C)c(Br)c1CNc1ccccc1C. The summed E-state index contributed by atoms with van der Waals surface area (Å²) in [6.07, 6.45) is 0. The van der Waals surface area contributed by atoms with Gasteiger partial charge in [0.25, 0.3) is 0 Å². The van der Waals surface area contributed by atoms with Crippen molar-refractivity contribution in [3.05, 3.63) is 45.7 Å². The van der Waals surface area contributed by atoms with Crippen molar-refractivity contribution < 1.29 is 0 Å². The van der Waals surface area contributed by atoms with E-state index in [1.165, 1.54) is 16.9 Å². The highest BCUT2D eigenvalue weighted by Crippen LogP contribution is 2.22. The second kappa shape index (κ2) is 5.57. The quantitative estimate of drug-likeness (QED) is 0.928. The van der Waals surface area contributed by atoms with Crippen molar-refractivity contribution >= 4 is 21.6 Å². The number of hydrogen-bond donors (Lipinski definition) is 1. The molecule has 18 heavy (non-hydrogen) atoms. The molecule has 0 saturated carbocycles. The van der Waals surface area contributed by atoms with Gasteiger partial charge in [0.1, 0.15) is 0 Å². The summed E-state index contributed by atoms with van der Waals surface area (Å²) in [4.78, 5) is 0. The summed E-state index contributed by atoms with van der Waals surface area (Å²) in [5, 5.41) is 7.96. The maximum absolute atomic E-state index is 4.49. The van der Waals surface area contributed by atoms with Gasteiger partial charge in [-0.2, -0.15) is 5.10 Å². The molecule has 1 N–H and O–H groups in total. The molecule has 1 aromatic heterocycles. The summed E-state index contributed by atoms with van der Waals surface area (Å²) in [6, 6.07) is 8.31. The molecule has 1 heterocycles. The fraction of sp³-hybridized carbons (Fsp3) is 0.357. The predicted molar refractivity (Wildman–Crippen MR) is 78.8 cm³/mol. The van der Waals surface area contributed by atoms with Crippen LogP contribution in [-0.4, -0.2) is 9.78 Å². The minimum Gasteiger partial charge on any atom is -0.379 e. The molecular weight excluding hydrogens is 290 g/mol. The average molecular weight is 308 g/mol. The van der Waals surface area contributed by atoms with Crippen LogP contribution in [-0.2, 0) is 13.1 Å². The molecule has 0 aliphatic heterocycles. The highest BCUT2D eigenvalue weighted by Gasteiger charge is 2.11. The number of halogens is 1. The summed E-state index contributed by atoms with van der Waals surface area (Å²) in [5.74, 6) is 0. The molecule has 0 bridgehead atoms. The van der Waals surface area contributed by atoms with Crippen LogP contribution in [0.1, 0.15) is 23.9 Å². The van der Waals surface area contributed by atoms with Crippen LogP contribution in [0.15, 0.2) is 28.7 Å². The lowest BCUT2D eigenvalue weighted by Crippen LogP contribution is -2.08. The van der Waals surface area contributed by atoms with Gasteiger partial charge < -0.3 is 5.32 Å². The van der Waals surface area contributed by atoms with Crippen LogP contribution < -0.4 is 5.32 Å². The van der Waals surface area contributed by atoms with Crippen molar-refractivity contribution in [2.24, 2.45) is 0 Å². The summed E-state index contributed by atoms with van der Waals surface area (Å²) in [6.45, 7) is 7.90. The van der Waals surface area contributed by atoms with E-state index in [-0.39, 0.29) is 0 Å². The molecule has 0 unspecified atom stereocenters. The van der Waals surface area contributed by atoms with Crippen molar-refractivity contribution in [3.8, 4) is 0 Å². The fourth-order valence-corrected chi connectivity index (χ4v) is 2.41. The third kappa shape index (κ3) is 2.58. The Kier molecular flexibility index (Phi) is 4.07. The van der Waals surface area contributed by atoms with Crippen LogP contribution in [0.5, 0.6) is 0 Å². The molecule has 0 fully saturated rings. The smallest absolute Gasteiger partial charge is 0.0739 e. The van der Waals surface area contributed by atoms with Crippen LogP contribution in [0.2, 0.25) is 0 Å². The predicted octanol–water partition coefficient (Wildman–Crippen LogP) is 3.89. The topological polar surface area (TPSA) is 29.9 Å². The first kappa shape index (κ1) is 13.1. The first-order valence-electron chi connectivity index (χ1n) is 6.14. The van der Waals surface area contributed by atoms with Gasteiger partial charge >= 0.3 is 0 Å². The van der Waals surface area contributed by atoms with Gasteiger partial charge in [-0.25, -0.2) is 0 Å². The number of para-hydroxylation sites is 1. The zero-order valence-corrected chi connectivity index (χ0v) is 12.6. The van der Waals surface area contributed by atoms with Crippen LogP contribution in [0.3, 0.4) is 0 Å². The van der Waals surface area contributed by atoms with E-state index in [2.05, 4.69) is 58.4 Å².